The fraction of sp³-hybridized carbons (Fsp3) is 0.294. The molecule has 0 radical (unpaired) electrons. The second-order valence-corrected chi connectivity index (χ2v) is 6.00. The van der Waals surface area contributed by atoms with E-state index in [4.69, 9.17) is 4.74 Å². The molecule has 4 nitrogen and oxygen atoms in total. The highest BCUT2D eigenvalue weighted by molar-refractivity contribution is 7.15. The summed E-state index contributed by atoms with van der Waals surface area (Å²) >= 11 is 1.28. The van der Waals surface area contributed by atoms with E-state index in [1.165, 1.54) is 30.6 Å². The molecular formula is C17H18FNO3S. The number of rotatable bonds is 5. The van der Waals surface area contributed by atoms with Crippen molar-refractivity contribution >= 4 is 28.2 Å². The van der Waals surface area contributed by atoms with Crippen LogP contribution in [0.2, 0.25) is 0 Å². The minimum atomic E-state index is -0.478. The number of nitrogens with one attached hydrogen (secondary N) is 1. The van der Waals surface area contributed by atoms with Crippen molar-refractivity contribution in [2.24, 2.45) is 0 Å². The van der Waals surface area contributed by atoms with Crippen LogP contribution in [0.5, 0.6) is 0 Å². The van der Waals surface area contributed by atoms with Crippen molar-refractivity contribution < 1.29 is 18.7 Å². The van der Waals surface area contributed by atoms with Crippen LogP contribution in [0, 0.1) is 12.7 Å². The Kier molecular flexibility index (Phi) is 5.50. The van der Waals surface area contributed by atoms with Gasteiger partial charge in [-0.15, -0.1) is 11.3 Å². The number of carbonyl (C=O) groups is 2. The fourth-order valence-corrected chi connectivity index (χ4v) is 3.29. The number of ether oxygens (including phenoxy) is 1. The number of methoxy groups -OCH3 is 1. The van der Waals surface area contributed by atoms with Gasteiger partial charge in [0, 0.05) is 0 Å². The zero-order valence-corrected chi connectivity index (χ0v) is 14.0. The summed E-state index contributed by atoms with van der Waals surface area (Å²) in [5, 5.41) is 5.06. The lowest BCUT2D eigenvalue weighted by atomic mass is 9.95. The molecule has 23 heavy (non-hydrogen) atoms. The molecule has 1 aromatic heterocycles. The van der Waals surface area contributed by atoms with Gasteiger partial charge in [0.2, 0.25) is 5.91 Å². The van der Waals surface area contributed by atoms with Gasteiger partial charge >= 0.3 is 5.97 Å². The van der Waals surface area contributed by atoms with E-state index in [9.17, 15) is 14.0 Å². The second-order valence-electron chi connectivity index (χ2n) is 5.12. The maximum Gasteiger partial charge on any atom is 0.341 e. The maximum absolute atomic E-state index is 13.0. The molecule has 0 fully saturated rings. The monoisotopic (exact) mass is 335 g/mol. The van der Waals surface area contributed by atoms with Crippen LogP contribution in [0.25, 0.3) is 0 Å². The first-order valence-electron chi connectivity index (χ1n) is 7.20. The van der Waals surface area contributed by atoms with E-state index in [2.05, 4.69) is 5.32 Å². The minimum Gasteiger partial charge on any atom is -0.465 e. The molecule has 0 saturated carbocycles. The van der Waals surface area contributed by atoms with Crippen molar-refractivity contribution in [2.75, 3.05) is 12.4 Å². The van der Waals surface area contributed by atoms with Gasteiger partial charge in [-0.1, -0.05) is 19.1 Å². The number of aryl methyl sites for hydroxylation is 1. The standard InChI is InChI=1S/C17H18FNO3S/c1-4-13(11-5-7-12(18)8-6-11)15(20)19-16-14(17(21)22-3)10(2)9-23-16/h5-9,13H,4H2,1-3H3,(H,19,20). The first-order valence-corrected chi connectivity index (χ1v) is 8.08. The van der Waals surface area contributed by atoms with Crippen molar-refractivity contribution in [1.82, 2.24) is 0 Å². The molecule has 122 valence electrons. The molecule has 2 rings (SSSR count). The highest BCUT2D eigenvalue weighted by Gasteiger charge is 2.23. The van der Waals surface area contributed by atoms with Crippen LogP contribution < -0.4 is 5.32 Å². The lowest BCUT2D eigenvalue weighted by Crippen LogP contribution is -2.21. The van der Waals surface area contributed by atoms with Gasteiger partial charge in [-0.05, 0) is 42.0 Å². The molecule has 6 heteroatoms. The quantitative estimate of drug-likeness (QED) is 0.837. The largest absolute Gasteiger partial charge is 0.465 e. The average molecular weight is 335 g/mol. The van der Waals surface area contributed by atoms with Gasteiger partial charge < -0.3 is 10.1 Å². The SMILES string of the molecule is CCC(C(=O)Nc1scc(C)c1C(=O)OC)c1ccc(F)cc1. The Bertz CT molecular complexity index is 709. The van der Waals surface area contributed by atoms with Crippen LogP contribution in [0.3, 0.4) is 0 Å². The van der Waals surface area contributed by atoms with E-state index in [-0.39, 0.29) is 11.7 Å². The summed E-state index contributed by atoms with van der Waals surface area (Å²) in [6, 6.07) is 5.87. The first-order chi connectivity index (χ1) is 11.0. The molecule has 1 heterocycles. The van der Waals surface area contributed by atoms with E-state index in [1.54, 1.807) is 24.4 Å². The van der Waals surface area contributed by atoms with Gasteiger partial charge in [-0.25, -0.2) is 9.18 Å². The molecule has 1 atom stereocenters. The Balaban J connectivity index is 2.24. The predicted molar refractivity (Wildman–Crippen MR) is 88.5 cm³/mol. The summed E-state index contributed by atoms with van der Waals surface area (Å²) in [5.41, 5.74) is 1.87. The molecule has 0 spiro atoms. The van der Waals surface area contributed by atoms with Crippen molar-refractivity contribution in [3.8, 4) is 0 Å². The van der Waals surface area contributed by atoms with Gasteiger partial charge in [0.15, 0.2) is 0 Å². The van der Waals surface area contributed by atoms with Crippen LogP contribution >= 0.6 is 11.3 Å². The number of anilines is 1. The summed E-state index contributed by atoms with van der Waals surface area (Å²) in [7, 11) is 1.30. The third-order valence-electron chi connectivity index (χ3n) is 3.60. The highest BCUT2D eigenvalue weighted by atomic mass is 32.1. The van der Waals surface area contributed by atoms with Crippen LogP contribution in [-0.2, 0) is 9.53 Å². The third kappa shape index (κ3) is 3.76. The summed E-state index contributed by atoms with van der Waals surface area (Å²) in [6.45, 7) is 3.67. The van der Waals surface area contributed by atoms with Gasteiger partial charge in [0.25, 0.3) is 0 Å². The smallest absolute Gasteiger partial charge is 0.341 e. The van der Waals surface area contributed by atoms with Crippen LogP contribution in [0.4, 0.5) is 9.39 Å². The lowest BCUT2D eigenvalue weighted by molar-refractivity contribution is -0.117. The molecule has 0 aliphatic carbocycles. The molecule has 1 unspecified atom stereocenters. The second kappa shape index (κ2) is 7.37. The number of esters is 1. The van der Waals surface area contributed by atoms with Crippen LogP contribution in [0.1, 0.15) is 40.7 Å². The number of benzene rings is 1. The Morgan fingerprint density at radius 2 is 1.96 bits per heavy atom. The number of hydrogen-bond acceptors (Lipinski definition) is 4. The Morgan fingerprint density at radius 3 is 2.52 bits per heavy atom. The molecule has 2 aromatic rings. The zero-order chi connectivity index (χ0) is 17.0. The minimum absolute atomic E-state index is 0.230. The number of amides is 1. The summed E-state index contributed by atoms with van der Waals surface area (Å²) in [4.78, 5) is 24.4. The highest BCUT2D eigenvalue weighted by Crippen LogP contribution is 2.30. The van der Waals surface area contributed by atoms with Gasteiger partial charge in [-0.2, -0.15) is 0 Å². The zero-order valence-electron chi connectivity index (χ0n) is 13.2. The molecule has 1 aromatic carbocycles. The van der Waals surface area contributed by atoms with Crippen LogP contribution in [-0.4, -0.2) is 19.0 Å². The Hall–Kier alpha value is -2.21. The first kappa shape index (κ1) is 17.1. The summed E-state index contributed by atoms with van der Waals surface area (Å²) in [5.74, 6) is -1.46. The molecule has 0 aliphatic heterocycles. The predicted octanol–water partition coefficient (Wildman–Crippen LogP) is 4.11. The maximum atomic E-state index is 13.0. The van der Waals surface area contributed by atoms with Crippen molar-refractivity contribution in [2.45, 2.75) is 26.2 Å². The molecule has 0 aliphatic rings. The number of carbonyl (C=O) groups excluding carboxylic acids is 2. The molecule has 1 N–H and O–H groups in total. The van der Waals surface area contributed by atoms with Gasteiger partial charge in [0.1, 0.15) is 10.8 Å². The topological polar surface area (TPSA) is 55.4 Å². The summed E-state index contributed by atoms with van der Waals surface area (Å²) in [6.07, 6.45) is 0.565. The number of thiophene rings is 1. The van der Waals surface area contributed by atoms with E-state index < -0.39 is 11.9 Å². The fourth-order valence-electron chi connectivity index (χ4n) is 2.36. The van der Waals surface area contributed by atoms with Crippen LogP contribution in [0.15, 0.2) is 29.6 Å². The normalized spacial score (nSPS) is 11.8. The van der Waals surface area contributed by atoms with Gasteiger partial charge in [-0.3, -0.25) is 4.79 Å². The molecule has 1 amide bonds. The summed E-state index contributed by atoms with van der Waals surface area (Å²) < 4.78 is 17.8. The van der Waals surface area contributed by atoms with E-state index in [0.717, 1.165) is 11.1 Å². The number of hydrogen-bond donors (Lipinski definition) is 1. The van der Waals surface area contributed by atoms with E-state index in [0.29, 0.717) is 17.0 Å². The Morgan fingerprint density at radius 1 is 1.30 bits per heavy atom. The van der Waals surface area contributed by atoms with Crippen molar-refractivity contribution in [3.05, 3.63) is 52.2 Å². The van der Waals surface area contributed by atoms with Crippen molar-refractivity contribution in [1.29, 1.82) is 0 Å². The average Bonchev–Trinajstić information content (AvgIpc) is 2.89. The van der Waals surface area contributed by atoms with E-state index in [1.807, 2.05) is 6.92 Å². The Labute approximate surface area is 138 Å². The molecular weight excluding hydrogens is 317 g/mol. The molecule has 0 bridgehead atoms. The third-order valence-corrected chi connectivity index (χ3v) is 4.61. The molecule has 0 saturated heterocycles. The van der Waals surface area contributed by atoms with E-state index >= 15 is 0 Å². The number of halogens is 1. The van der Waals surface area contributed by atoms with Crippen molar-refractivity contribution in [3.63, 3.8) is 0 Å². The lowest BCUT2D eigenvalue weighted by Gasteiger charge is -2.15. The van der Waals surface area contributed by atoms with Gasteiger partial charge in [0.05, 0.1) is 18.6 Å².